The second kappa shape index (κ2) is 8.69. The number of hydrogen-bond acceptors (Lipinski definition) is 6. The lowest BCUT2D eigenvalue weighted by Gasteiger charge is -2.13. The van der Waals surface area contributed by atoms with Gasteiger partial charge in [0.1, 0.15) is 0 Å². The molecule has 0 bridgehead atoms. The first-order valence-corrected chi connectivity index (χ1v) is 12.9. The Balaban J connectivity index is 1.31. The molecule has 1 aromatic heterocycles. The van der Waals surface area contributed by atoms with Crippen LogP contribution in [0, 0.1) is 0 Å². The largest absolute Gasteiger partial charge is 0.302 e. The van der Waals surface area contributed by atoms with Gasteiger partial charge in [0.2, 0.25) is 5.91 Å². The fraction of sp³-hybridized carbons (Fsp3) is 0.238. The van der Waals surface area contributed by atoms with E-state index in [1.807, 2.05) is 36.4 Å². The van der Waals surface area contributed by atoms with Crippen LogP contribution in [0.5, 0.6) is 0 Å². The van der Waals surface area contributed by atoms with Crippen molar-refractivity contribution in [3.8, 4) is 11.3 Å². The zero-order chi connectivity index (χ0) is 20.3. The summed E-state index contributed by atoms with van der Waals surface area (Å²) in [5.41, 5.74) is 2.80. The van der Waals surface area contributed by atoms with Gasteiger partial charge in [-0.15, -0.1) is 23.1 Å². The van der Waals surface area contributed by atoms with Crippen LogP contribution in [0.25, 0.3) is 11.3 Å². The quantitative estimate of drug-likeness (QED) is 0.569. The minimum Gasteiger partial charge on any atom is -0.302 e. The van der Waals surface area contributed by atoms with Crippen molar-refractivity contribution in [1.82, 2.24) is 4.98 Å². The summed E-state index contributed by atoms with van der Waals surface area (Å²) in [7, 11) is -3.23. The monoisotopic (exact) mass is 444 g/mol. The lowest BCUT2D eigenvalue weighted by atomic mass is 10.1. The summed E-state index contributed by atoms with van der Waals surface area (Å²) in [6, 6.07) is 17.2. The van der Waals surface area contributed by atoms with Crippen molar-refractivity contribution in [3.05, 3.63) is 65.0 Å². The third-order valence-corrected chi connectivity index (χ3v) is 8.47. The van der Waals surface area contributed by atoms with Crippen LogP contribution in [0.4, 0.5) is 5.13 Å². The van der Waals surface area contributed by atoms with Gasteiger partial charge in [0.15, 0.2) is 15.0 Å². The highest BCUT2D eigenvalue weighted by molar-refractivity contribution is 7.98. The highest BCUT2D eigenvalue weighted by Crippen LogP contribution is 2.44. The molecule has 1 N–H and O–H groups in total. The molecular formula is C21H20N2O3S3. The van der Waals surface area contributed by atoms with Gasteiger partial charge in [0.25, 0.3) is 0 Å². The molecule has 0 saturated heterocycles. The van der Waals surface area contributed by atoms with E-state index in [-0.39, 0.29) is 23.8 Å². The Hall–Kier alpha value is -2.16. The van der Waals surface area contributed by atoms with Crippen LogP contribution < -0.4 is 5.32 Å². The third kappa shape index (κ3) is 5.07. The van der Waals surface area contributed by atoms with E-state index in [1.165, 1.54) is 16.2 Å². The number of sulfone groups is 1. The lowest BCUT2D eigenvalue weighted by Crippen LogP contribution is -2.15. The topological polar surface area (TPSA) is 76.1 Å². The predicted octanol–water partition coefficient (Wildman–Crippen LogP) is 4.75. The van der Waals surface area contributed by atoms with E-state index >= 15 is 0 Å². The first-order valence-electron chi connectivity index (χ1n) is 9.26. The Morgan fingerprint density at radius 2 is 1.83 bits per heavy atom. The summed E-state index contributed by atoms with van der Waals surface area (Å²) in [6.45, 7) is 0. The summed E-state index contributed by atoms with van der Waals surface area (Å²) in [6.07, 6.45) is 0.453. The van der Waals surface area contributed by atoms with Crippen molar-refractivity contribution in [1.29, 1.82) is 0 Å². The Morgan fingerprint density at radius 3 is 2.66 bits per heavy atom. The molecule has 0 fully saturated rings. The van der Waals surface area contributed by atoms with E-state index in [9.17, 15) is 13.2 Å². The number of aromatic nitrogens is 1. The highest BCUT2D eigenvalue weighted by atomic mass is 32.2. The molecule has 0 spiro atoms. The number of fused-ring (bicyclic) bond motifs is 3. The number of benzene rings is 2. The number of amides is 1. The van der Waals surface area contributed by atoms with Crippen molar-refractivity contribution in [3.63, 3.8) is 0 Å². The first kappa shape index (κ1) is 20.1. The second-order valence-electron chi connectivity index (χ2n) is 6.80. The average Bonchev–Trinajstić information content (AvgIpc) is 3.11. The van der Waals surface area contributed by atoms with Gasteiger partial charge < -0.3 is 5.32 Å². The fourth-order valence-corrected chi connectivity index (χ4v) is 6.73. The molecule has 0 saturated carbocycles. The molecule has 0 aliphatic carbocycles. The molecule has 2 aromatic carbocycles. The van der Waals surface area contributed by atoms with Gasteiger partial charge in [-0.25, -0.2) is 13.4 Å². The number of carbonyl (C=O) groups excluding carboxylic acids is 1. The molecule has 3 aromatic rings. The number of nitrogens with zero attached hydrogens (tertiary/aromatic N) is 1. The summed E-state index contributed by atoms with van der Waals surface area (Å²) in [5.74, 6) is 0.642. The van der Waals surface area contributed by atoms with Crippen LogP contribution in [-0.2, 0) is 26.1 Å². The van der Waals surface area contributed by atoms with Crippen molar-refractivity contribution in [2.75, 3.05) is 11.1 Å². The van der Waals surface area contributed by atoms with Crippen molar-refractivity contribution >= 4 is 44.0 Å². The summed E-state index contributed by atoms with van der Waals surface area (Å²) in [5, 5.41) is 3.40. The Bertz CT molecular complexity index is 1130. The SMILES string of the molecule is O=C(CCCS(=O)(=O)Cc1ccccc1)Nc1nc2c(s1)CSc1ccccc1-2. The molecule has 5 nitrogen and oxygen atoms in total. The zero-order valence-corrected chi connectivity index (χ0v) is 18.1. The van der Waals surface area contributed by atoms with Gasteiger partial charge in [-0.2, -0.15) is 0 Å². The number of nitrogens with one attached hydrogen (secondary N) is 1. The van der Waals surface area contributed by atoms with Crippen LogP contribution in [0.1, 0.15) is 23.3 Å². The molecule has 1 aliphatic rings. The smallest absolute Gasteiger partial charge is 0.226 e. The fourth-order valence-electron chi connectivity index (χ4n) is 3.18. The van der Waals surface area contributed by atoms with E-state index in [1.54, 1.807) is 23.9 Å². The van der Waals surface area contributed by atoms with Crippen molar-refractivity contribution in [2.24, 2.45) is 0 Å². The van der Waals surface area contributed by atoms with E-state index < -0.39 is 9.84 Å². The molecule has 0 unspecified atom stereocenters. The maximum absolute atomic E-state index is 12.3. The maximum Gasteiger partial charge on any atom is 0.226 e. The van der Waals surface area contributed by atoms with Gasteiger partial charge in [0.05, 0.1) is 17.2 Å². The highest BCUT2D eigenvalue weighted by Gasteiger charge is 2.21. The van der Waals surface area contributed by atoms with Crippen LogP contribution in [0.3, 0.4) is 0 Å². The van der Waals surface area contributed by atoms with Gasteiger partial charge in [-0.05, 0) is 18.1 Å². The van der Waals surface area contributed by atoms with Crippen LogP contribution in [0.2, 0.25) is 0 Å². The Morgan fingerprint density at radius 1 is 1.07 bits per heavy atom. The van der Waals surface area contributed by atoms with Gasteiger partial charge in [0, 0.05) is 27.5 Å². The molecule has 8 heteroatoms. The Kier molecular flexibility index (Phi) is 6.03. The molecule has 29 heavy (non-hydrogen) atoms. The summed E-state index contributed by atoms with van der Waals surface area (Å²) in [4.78, 5) is 19.2. The number of thiazole rings is 1. The number of thioether (sulfide) groups is 1. The van der Waals surface area contributed by atoms with Gasteiger partial charge in [-0.1, -0.05) is 48.5 Å². The molecule has 4 rings (SSSR count). The van der Waals surface area contributed by atoms with Gasteiger partial charge >= 0.3 is 0 Å². The maximum atomic E-state index is 12.3. The van der Waals surface area contributed by atoms with E-state index in [2.05, 4.69) is 16.4 Å². The second-order valence-corrected chi connectivity index (χ2v) is 11.1. The van der Waals surface area contributed by atoms with E-state index in [0.717, 1.165) is 27.5 Å². The van der Waals surface area contributed by atoms with Crippen LogP contribution in [-0.4, -0.2) is 25.1 Å². The average molecular weight is 445 g/mol. The standard InChI is InChI=1S/C21H20N2O3S3/c24-19(11-6-12-29(25,26)14-15-7-2-1-3-8-15)22-21-23-20-16-9-4-5-10-17(16)27-13-18(20)28-21/h1-5,7-10H,6,11-14H2,(H,22,23,24). The van der Waals surface area contributed by atoms with E-state index in [0.29, 0.717) is 11.6 Å². The number of rotatable bonds is 7. The van der Waals surface area contributed by atoms with Gasteiger partial charge in [-0.3, -0.25) is 4.79 Å². The first-order chi connectivity index (χ1) is 14.0. The zero-order valence-electron chi connectivity index (χ0n) is 15.6. The number of anilines is 1. The van der Waals surface area contributed by atoms with Crippen LogP contribution >= 0.6 is 23.1 Å². The minimum absolute atomic E-state index is 0.00569. The van der Waals surface area contributed by atoms with E-state index in [4.69, 9.17) is 0 Å². The minimum atomic E-state index is -3.23. The molecule has 1 aliphatic heterocycles. The normalized spacial score (nSPS) is 12.8. The molecule has 0 radical (unpaired) electrons. The third-order valence-electron chi connectivity index (χ3n) is 4.53. The molecular weight excluding hydrogens is 424 g/mol. The molecule has 150 valence electrons. The summed E-state index contributed by atoms with van der Waals surface area (Å²) >= 11 is 3.26. The molecule has 2 heterocycles. The number of hydrogen-bond donors (Lipinski definition) is 1. The van der Waals surface area contributed by atoms with Crippen LogP contribution in [0.15, 0.2) is 59.5 Å². The lowest BCUT2D eigenvalue weighted by molar-refractivity contribution is -0.116. The Labute approximate surface area is 178 Å². The molecule has 1 amide bonds. The predicted molar refractivity (Wildman–Crippen MR) is 119 cm³/mol. The van der Waals surface area contributed by atoms with Crippen molar-refractivity contribution in [2.45, 2.75) is 29.2 Å². The molecule has 0 atom stereocenters. The van der Waals surface area contributed by atoms with Crippen molar-refractivity contribution < 1.29 is 13.2 Å². The summed E-state index contributed by atoms with van der Waals surface area (Å²) < 4.78 is 24.5. The number of carbonyl (C=O) groups is 1.